The van der Waals surface area contributed by atoms with Gasteiger partial charge < -0.3 is 4.42 Å². The number of benzene rings is 4. The van der Waals surface area contributed by atoms with Crippen LogP contribution in [0.25, 0.3) is 54.9 Å². The molecule has 0 unspecified atom stereocenters. The zero-order chi connectivity index (χ0) is 22.0. The summed E-state index contributed by atoms with van der Waals surface area (Å²) in [5.41, 5.74) is 7.28. The number of fused-ring (bicyclic) bond motifs is 6. The molecule has 2 heteroatoms. The number of hydrogen-bond acceptors (Lipinski definition) is 2. The molecule has 0 fully saturated rings. The highest BCUT2D eigenvalue weighted by Gasteiger charge is 2.22. The van der Waals surface area contributed by atoms with Crippen molar-refractivity contribution in [3.8, 4) is 11.3 Å². The first-order valence-corrected chi connectivity index (χ1v) is 11.2. The van der Waals surface area contributed by atoms with Crippen LogP contribution in [0.1, 0.15) is 31.9 Å². The van der Waals surface area contributed by atoms with Crippen LogP contribution < -0.4 is 0 Å². The van der Waals surface area contributed by atoms with Crippen LogP contribution in [-0.4, -0.2) is 4.98 Å². The molecule has 6 aromatic rings. The minimum atomic E-state index is 0.00996. The maximum Gasteiger partial charge on any atom is 0.162 e. The van der Waals surface area contributed by atoms with Crippen molar-refractivity contribution in [2.24, 2.45) is 0 Å². The lowest BCUT2D eigenvalue weighted by molar-refractivity contribution is 0.596. The van der Waals surface area contributed by atoms with Gasteiger partial charge in [0.1, 0.15) is 11.3 Å². The highest BCUT2D eigenvalue weighted by molar-refractivity contribution is 6.21. The molecule has 0 bridgehead atoms. The predicted molar refractivity (Wildman–Crippen MR) is 135 cm³/mol. The van der Waals surface area contributed by atoms with Gasteiger partial charge in [0, 0.05) is 21.7 Å². The third-order valence-electron chi connectivity index (χ3n) is 6.48. The number of rotatable bonds is 1. The Kier molecular flexibility index (Phi) is 3.98. The van der Waals surface area contributed by atoms with Gasteiger partial charge in [-0.25, -0.2) is 4.98 Å². The van der Waals surface area contributed by atoms with E-state index in [1.807, 2.05) is 0 Å². The molecule has 0 aliphatic carbocycles. The van der Waals surface area contributed by atoms with E-state index in [0.717, 1.165) is 49.7 Å². The number of aryl methyl sites for hydroxylation is 1. The summed E-state index contributed by atoms with van der Waals surface area (Å²) in [7, 11) is 0. The zero-order valence-electron chi connectivity index (χ0n) is 18.9. The zero-order valence-corrected chi connectivity index (χ0v) is 18.9. The van der Waals surface area contributed by atoms with Crippen LogP contribution in [-0.2, 0) is 5.41 Å². The molecule has 2 nitrogen and oxygen atoms in total. The lowest BCUT2D eigenvalue weighted by atomic mass is 9.82. The minimum Gasteiger partial charge on any atom is -0.453 e. The van der Waals surface area contributed by atoms with Crippen LogP contribution in [0, 0.1) is 6.92 Å². The lowest BCUT2D eigenvalue weighted by Gasteiger charge is -2.22. The molecule has 0 atom stereocenters. The second-order valence-electron chi connectivity index (χ2n) is 9.73. The summed E-state index contributed by atoms with van der Waals surface area (Å²) in [6.07, 6.45) is 0. The molecule has 0 saturated carbocycles. The molecule has 32 heavy (non-hydrogen) atoms. The van der Waals surface area contributed by atoms with Crippen molar-refractivity contribution in [2.45, 2.75) is 33.1 Å². The first-order chi connectivity index (χ1) is 15.4. The van der Waals surface area contributed by atoms with E-state index in [1.165, 1.54) is 16.3 Å². The quantitative estimate of drug-likeness (QED) is 0.269. The van der Waals surface area contributed by atoms with E-state index >= 15 is 0 Å². The molecule has 6 rings (SSSR count). The highest BCUT2D eigenvalue weighted by Crippen LogP contribution is 2.42. The Balaban J connectivity index is 1.80. The van der Waals surface area contributed by atoms with E-state index in [-0.39, 0.29) is 5.41 Å². The maximum absolute atomic E-state index is 6.55. The van der Waals surface area contributed by atoms with Gasteiger partial charge in [-0.1, -0.05) is 81.4 Å². The van der Waals surface area contributed by atoms with Crippen molar-refractivity contribution in [2.75, 3.05) is 0 Å². The van der Waals surface area contributed by atoms with E-state index in [2.05, 4.69) is 107 Å². The molecule has 2 aromatic heterocycles. The van der Waals surface area contributed by atoms with Crippen molar-refractivity contribution in [3.63, 3.8) is 0 Å². The Labute approximate surface area is 187 Å². The molecular formula is C30H25NO. The number of para-hydroxylation sites is 2. The average molecular weight is 416 g/mol. The standard InChI is InChI=1S/C30H25NO/c1-18-10-9-14-23-26-22-13-7-8-15-25(22)31-27(29(26)32-28(18)23)20-16-19-11-5-6-12-21(19)24(17-20)30(2,3)4/h5-17H,1-4H3. The van der Waals surface area contributed by atoms with Gasteiger partial charge >= 0.3 is 0 Å². The van der Waals surface area contributed by atoms with Crippen LogP contribution in [0.3, 0.4) is 0 Å². The normalized spacial score (nSPS) is 12.4. The number of pyridine rings is 1. The van der Waals surface area contributed by atoms with Crippen LogP contribution in [0.15, 0.2) is 83.3 Å². The van der Waals surface area contributed by atoms with Crippen molar-refractivity contribution in [1.82, 2.24) is 4.98 Å². The number of nitrogens with zero attached hydrogens (tertiary/aromatic N) is 1. The van der Waals surface area contributed by atoms with E-state index in [9.17, 15) is 0 Å². The van der Waals surface area contributed by atoms with Gasteiger partial charge in [0.15, 0.2) is 5.58 Å². The van der Waals surface area contributed by atoms with Gasteiger partial charge in [-0.05, 0) is 52.4 Å². The fourth-order valence-electron chi connectivity index (χ4n) is 4.91. The Bertz CT molecular complexity index is 1660. The Morgan fingerprint density at radius 3 is 2.25 bits per heavy atom. The van der Waals surface area contributed by atoms with Crippen LogP contribution in [0.4, 0.5) is 0 Å². The van der Waals surface area contributed by atoms with E-state index < -0.39 is 0 Å². The first-order valence-electron chi connectivity index (χ1n) is 11.2. The molecular weight excluding hydrogens is 390 g/mol. The van der Waals surface area contributed by atoms with Crippen molar-refractivity contribution in [1.29, 1.82) is 0 Å². The second-order valence-corrected chi connectivity index (χ2v) is 9.73. The van der Waals surface area contributed by atoms with E-state index in [1.54, 1.807) is 0 Å². The first kappa shape index (κ1) is 19.1. The van der Waals surface area contributed by atoms with Crippen molar-refractivity contribution in [3.05, 3.63) is 90.0 Å². The molecule has 0 spiro atoms. The molecule has 0 aliphatic heterocycles. The summed E-state index contributed by atoms with van der Waals surface area (Å²) in [6.45, 7) is 8.92. The molecule has 0 amide bonds. The van der Waals surface area contributed by atoms with Crippen molar-refractivity contribution < 1.29 is 4.42 Å². The molecule has 0 aliphatic rings. The molecule has 0 radical (unpaired) electrons. The van der Waals surface area contributed by atoms with E-state index in [4.69, 9.17) is 9.40 Å². The summed E-state index contributed by atoms with van der Waals surface area (Å²) in [5, 5.41) is 5.95. The molecule has 0 N–H and O–H groups in total. The summed E-state index contributed by atoms with van der Waals surface area (Å²) < 4.78 is 6.55. The summed E-state index contributed by atoms with van der Waals surface area (Å²) in [5.74, 6) is 0. The monoisotopic (exact) mass is 415 g/mol. The van der Waals surface area contributed by atoms with Crippen LogP contribution in [0.5, 0.6) is 0 Å². The second kappa shape index (κ2) is 6.67. The summed E-state index contributed by atoms with van der Waals surface area (Å²) in [4.78, 5) is 5.13. The molecule has 4 aromatic carbocycles. The number of hydrogen-bond donors (Lipinski definition) is 0. The van der Waals surface area contributed by atoms with Crippen LogP contribution in [0.2, 0.25) is 0 Å². The number of aromatic nitrogens is 1. The van der Waals surface area contributed by atoms with Crippen molar-refractivity contribution >= 4 is 43.6 Å². The fraction of sp³-hybridized carbons (Fsp3) is 0.167. The van der Waals surface area contributed by atoms with Crippen LogP contribution >= 0.6 is 0 Å². The van der Waals surface area contributed by atoms with E-state index in [0.29, 0.717) is 0 Å². The van der Waals surface area contributed by atoms with Gasteiger partial charge in [-0.2, -0.15) is 0 Å². The fourth-order valence-corrected chi connectivity index (χ4v) is 4.91. The summed E-state index contributed by atoms with van der Waals surface area (Å²) in [6, 6.07) is 27.9. The van der Waals surface area contributed by atoms with Gasteiger partial charge in [0.2, 0.25) is 0 Å². The van der Waals surface area contributed by atoms with Gasteiger partial charge in [-0.3, -0.25) is 0 Å². The SMILES string of the molecule is Cc1cccc2c1oc1c(-c3cc(C(C)(C)C)c4ccccc4c3)nc3ccccc3c12. The Morgan fingerprint density at radius 1 is 0.719 bits per heavy atom. The molecule has 0 saturated heterocycles. The molecule has 156 valence electrons. The largest absolute Gasteiger partial charge is 0.453 e. The number of furan rings is 1. The third-order valence-corrected chi connectivity index (χ3v) is 6.48. The Hall–Kier alpha value is -3.65. The van der Waals surface area contributed by atoms with Gasteiger partial charge in [0.25, 0.3) is 0 Å². The minimum absolute atomic E-state index is 0.00996. The molecule has 2 heterocycles. The smallest absolute Gasteiger partial charge is 0.162 e. The maximum atomic E-state index is 6.55. The van der Waals surface area contributed by atoms with Gasteiger partial charge in [-0.15, -0.1) is 0 Å². The summed E-state index contributed by atoms with van der Waals surface area (Å²) >= 11 is 0. The average Bonchev–Trinajstić information content (AvgIpc) is 3.18. The predicted octanol–water partition coefficient (Wildman–Crippen LogP) is 8.56. The Morgan fingerprint density at radius 2 is 1.44 bits per heavy atom. The van der Waals surface area contributed by atoms with Gasteiger partial charge in [0.05, 0.1) is 5.52 Å². The topological polar surface area (TPSA) is 26.0 Å². The third kappa shape index (κ3) is 2.76. The lowest BCUT2D eigenvalue weighted by Crippen LogP contribution is -2.12. The highest BCUT2D eigenvalue weighted by atomic mass is 16.3.